The third-order valence-electron chi connectivity index (χ3n) is 6.86. The van der Waals surface area contributed by atoms with Crippen LogP contribution in [0.25, 0.3) is 10.8 Å². The van der Waals surface area contributed by atoms with Gasteiger partial charge in [0.05, 0.1) is 12.4 Å². The number of carbonyl (C=O) groups is 1. The Balaban J connectivity index is 1.79. The largest absolute Gasteiger partial charge is 0.490 e. The number of nitrogens with zero attached hydrogens (tertiary/aromatic N) is 1. The van der Waals surface area contributed by atoms with E-state index in [1.54, 1.807) is 30.1 Å². The predicted molar refractivity (Wildman–Crippen MR) is 136 cm³/mol. The van der Waals surface area contributed by atoms with E-state index in [9.17, 15) is 26.4 Å². The summed E-state index contributed by atoms with van der Waals surface area (Å²) in [5, 5.41) is 0.450. The summed E-state index contributed by atoms with van der Waals surface area (Å²) >= 11 is 0. The number of halogens is 3. The van der Waals surface area contributed by atoms with E-state index in [2.05, 4.69) is 20.8 Å². The van der Waals surface area contributed by atoms with Gasteiger partial charge in [-0.25, -0.2) is 8.42 Å². The number of sulfonamides is 1. The number of ether oxygens (including phenoxy) is 1. The molecule has 0 spiro atoms. The third-order valence-corrected chi connectivity index (χ3v) is 7.45. The van der Waals surface area contributed by atoms with Gasteiger partial charge in [0.15, 0.2) is 0 Å². The van der Waals surface area contributed by atoms with Gasteiger partial charge in [0.25, 0.3) is 0 Å². The summed E-state index contributed by atoms with van der Waals surface area (Å²) in [5.41, 5.74) is 0.00424. The van der Waals surface area contributed by atoms with E-state index in [-0.39, 0.29) is 35.6 Å². The van der Waals surface area contributed by atoms with Crippen LogP contribution in [0.4, 0.5) is 18.9 Å². The Bertz CT molecular complexity index is 1200. The maximum atomic E-state index is 14.2. The average Bonchev–Trinajstić information content (AvgIpc) is 2.74. The van der Waals surface area contributed by atoms with E-state index >= 15 is 0 Å². The first-order chi connectivity index (χ1) is 16.5. The summed E-state index contributed by atoms with van der Waals surface area (Å²) in [6, 6.07) is 7.62. The summed E-state index contributed by atoms with van der Waals surface area (Å²) in [6.07, 6.45) is -0.700. The minimum Gasteiger partial charge on any atom is -0.490 e. The Morgan fingerprint density at radius 1 is 1.08 bits per heavy atom. The lowest BCUT2D eigenvalue weighted by atomic mass is 9.72. The smallest absolute Gasteiger partial charge is 0.420 e. The van der Waals surface area contributed by atoms with E-state index in [1.165, 1.54) is 12.1 Å². The Hall–Kier alpha value is -2.49. The van der Waals surface area contributed by atoms with Gasteiger partial charge < -0.3 is 9.64 Å². The molecule has 0 saturated heterocycles. The van der Waals surface area contributed by atoms with Crippen molar-refractivity contribution >= 4 is 32.4 Å². The number of benzene rings is 2. The van der Waals surface area contributed by atoms with Gasteiger partial charge in [-0.05, 0) is 66.0 Å². The molecule has 0 radical (unpaired) electrons. The van der Waals surface area contributed by atoms with Crippen LogP contribution < -0.4 is 14.4 Å². The van der Waals surface area contributed by atoms with Crippen molar-refractivity contribution in [3.63, 3.8) is 0 Å². The molecule has 2 aromatic rings. The van der Waals surface area contributed by atoms with Gasteiger partial charge >= 0.3 is 6.18 Å². The van der Waals surface area contributed by atoms with Crippen LogP contribution in [-0.4, -0.2) is 40.3 Å². The highest BCUT2D eigenvalue weighted by Crippen LogP contribution is 2.44. The van der Waals surface area contributed by atoms with Crippen molar-refractivity contribution in [1.29, 1.82) is 0 Å². The molecule has 1 saturated carbocycles. The van der Waals surface area contributed by atoms with Gasteiger partial charge in [0, 0.05) is 25.7 Å². The van der Waals surface area contributed by atoms with Gasteiger partial charge in [-0.2, -0.15) is 13.2 Å². The molecule has 0 atom stereocenters. The maximum absolute atomic E-state index is 14.2. The van der Waals surface area contributed by atoms with Crippen molar-refractivity contribution in [3.8, 4) is 5.75 Å². The van der Waals surface area contributed by atoms with Crippen LogP contribution in [0.3, 0.4) is 0 Å². The number of amides is 1. The number of nitrogens with one attached hydrogen (secondary N) is 1. The molecule has 1 N–H and O–H groups in total. The van der Waals surface area contributed by atoms with Gasteiger partial charge in [-0.3, -0.25) is 9.52 Å². The molecular formula is C26H35F3N2O4S. The summed E-state index contributed by atoms with van der Waals surface area (Å²) in [5.74, 6) is -0.264. The quantitative estimate of drug-likeness (QED) is 0.496. The number of fused-ring (bicyclic) bond motifs is 1. The van der Waals surface area contributed by atoms with E-state index in [4.69, 9.17) is 4.74 Å². The number of anilines is 1. The number of rotatable bonds is 7. The molecule has 1 fully saturated rings. The number of hydrogen-bond donors (Lipinski definition) is 1. The zero-order valence-electron chi connectivity index (χ0n) is 21.4. The zero-order valence-corrected chi connectivity index (χ0v) is 22.2. The molecule has 0 aliphatic heterocycles. The van der Waals surface area contributed by atoms with Crippen LogP contribution in [0.5, 0.6) is 5.75 Å². The average molecular weight is 529 g/mol. The molecule has 1 amide bonds. The van der Waals surface area contributed by atoms with Crippen molar-refractivity contribution in [2.45, 2.75) is 65.2 Å². The Labute approximate surface area is 211 Å². The summed E-state index contributed by atoms with van der Waals surface area (Å²) in [7, 11) is -1.96. The van der Waals surface area contributed by atoms with Crippen molar-refractivity contribution in [2.75, 3.05) is 24.7 Å². The fourth-order valence-electron chi connectivity index (χ4n) is 4.81. The van der Waals surface area contributed by atoms with Crippen LogP contribution >= 0.6 is 0 Å². The lowest BCUT2D eigenvalue weighted by molar-refractivity contribution is -0.138. The SMILES string of the molecule is CN(CCC(=O)NS(C)(=O)=O)c1ccc2c(C(F)(F)F)c(O[C@H]3CC[C@H](C(C)(C)C)CC3)ccc2c1. The van der Waals surface area contributed by atoms with Crippen LogP contribution in [0.15, 0.2) is 30.3 Å². The first-order valence-electron chi connectivity index (χ1n) is 12.1. The third kappa shape index (κ3) is 7.27. The van der Waals surface area contributed by atoms with E-state index in [0.717, 1.165) is 31.9 Å². The fourth-order valence-corrected chi connectivity index (χ4v) is 5.32. The first kappa shape index (κ1) is 28.1. The van der Waals surface area contributed by atoms with Crippen molar-refractivity contribution < 1.29 is 31.1 Å². The molecule has 200 valence electrons. The molecule has 36 heavy (non-hydrogen) atoms. The van der Waals surface area contributed by atoms with Gasteiger partial charge in [-0.15, -0.1) is 0 Å². The molecule has 0 heterocycles. The number of hydrogen-bond acceptors (Lipinski definition) is 5. The van der Waals surface area contributed by atoms with Gasteiger partial charge in [0.2, 0.25) is 15.9 Å². The Kier molecular flexibility index (Phi) is 8.17. The van der Waals surface area contributed by atoms with Crippen LogP contribution in [0, 0.1) is 11.3 Å². The summed E-state index contributed by atoms with van der Waals surface area (Å²) in [6.45, 7) is 6.78. The molecule has 1 aliphatic rings. The standard InChI is InChI=1S/C26H35F3N2O4S/c1-25(2,3)18-7-10-20(11-8-18)35-22-13-6-17-16-19(9-12-21(17)24(22)26(27,28)29)31(4)15-14-23(32)30-36(5,33)34/h6,9,12-13,16,18,20H,7-8,10-11,14-15H2,1-5H3,(H,30,32)/t18-,20-. The lowest BCUT2D eigenvalue weighted by Crippen LogP contribution is -2.32. The molecule has 0 bridgehead atoms. The maximum Gasteiger partial charge on any atom is 0.420 e. The molecule has 3 rings (SSSR count). The molecule has 0 aromatic heterocycles. The van der Waals surface area contributed by atoms with Crippen LogP contribution in [0.1, 0.15) is 58.4 Å². The van der Waals surface area contributed by atoms with Gasteiger partial charge in [-0.1, -0.05) is 32.9 Å². The predicted octanol–water partition coefficient (Wildman–Crippen LogP) is 5.74. The fraction of sp³-hybridized carbons (Fsp3) is 0.577. The van der Waals surface area contributed by atoms with Gasteiger partial charge in [0.1, 0.15) is 11.3 Å². The molecule has 1 aliphatic carbocycles. The topological polar surface area (TPSA) is 75.7 Å². The monoisotopic (exact) mass is 528 g/mol. The number of carbonyl (C=O) groups excluding carboxylic acids is 1. The van der Waals surface area contributed by atoms with E-state index < -0.39 is 27.7 Å². The van der Waals surface area contributed by atoms with Crippen molar-refractivity contribution in [2.24, 2.45) is 11.3 Å². The molecule has 6 nitrogen and oxygen atoms in total. The normalized spacial score (nSPS) is 19.2. The summed E-state index contributed by atoms with van der Waals surface area (Å²) in [4.78, 5) is 13.5. The second kappa shape index (κ2) is 10.5. The molecule has 2 aromatic carbocycles. The Morgan fingerprint density at radius 2 is 1.72 bits per heavy atom. The molecule has 10 heteroatoms. The second-order valence-corrected chi connectivity index (χ2v) is 12.5. The van der Waals surface area contributed by atoms with Crippen molar-refractivity contribution in [1.82, 2.24) is 4.72 Å². The zero-order chi connectivity index (χ0) is 26.9. The minimum atomic E-state index is -4.59. The molecular weight excluding hydrogens is 493 g/mol. The summed E-state index contributed by atoms with van der Waals surface area (Å²) < 4.78 is 72.7. The van der Waals surface area contributed by atoms with Crippen LogP contribution in [-0.2, 0) is 21.0 Å². The molecule has 0 unspecified atom stereocenters. The first-order valence-corrected chi connectivity index (χ1v) is 14.0. The van der Waals surface area contributed by atoms with Crippen molar-refractivity contribution in [3.05, 3.63) is 35.9 Å². The second-order valence-electron chi connectivity index (χ2n) is 10.8. The Morgan fingerprint density at radius 3 is 2.28 bits per heavy atom. The highest BCUT2D eigenvalue weighted by atomic mass is 32.2. The number of alkyl halides is 3. The van der Waals surface area contributed by atoms with E-state index in [1.807, 2.05) is 4.72 Å². The highest BCUT2D eigenvalue weighted by molar-refractivity contribution is 7.89. The lowest BCUT2D eigenvalue weighted by Gasteiger charge is -2.37. The highest BCUT2D eigenvalue weighted by Gasteiger charge is 2.38. The van der Waals surface area contributed by atoms with E-state index in [0.29, 0.717) is 17.0 Å². The minimum absolute atomic E-state index is 0.0512. The van der Waals surface area contributed by atoms with Crippen LogP contribution in [0.2, 0.25) is 0 Å².